The van der Waals surface area contributed by atoms with Crippen LogP contribution in [0.4, 0.5) is 39.1 Å². The fraction of sp³-hybridized carbons (Fsp3) is 0.347. The average Bonchev–Trinajstić information content (AvgIpc) is 3.70. The Balaban J connectivity index is 0.801. The maximum Gasteiger partial charge on any atom is 0.175 e. The number of rotatable bonds is 19. The lowest BCUT2D eigenvalue weighted by Gasteiger charge is -2.36. The Kier molecular flexibility index (Phi) is 15.4. The Morgan fingerprint density at radius 2 is 1.38 bits per heavy atom. The third kappa shape index (κ3) is 12.2. The Morgan fingerprint density at radius 1 is 0.721 bits per heavy atom. The van der Waals surface area contributed by atoms with E-state index in [2.05, 4.69) is 130 Å². The van der Waals surface area contributed by atoms with E-state index in [0.29, 0.717) is 21.9 Å². The fourth-order valence-corrected chi connectivity index (χ4v) is 8.05. The van der Waals surface area contributed by atoms with Crippen LogP contribution in [0, 0.1) is 18.3 Å². The zero-order chi connectivity index (χ0) is 42.2. The summed E-state index contributed by atoms with van der Waals surface area (Å²) in [6.07, 6.45) is 10.2. The molecule has 6 aromatic rings. The van der Waals surface area contributed by atoms with Crippen molar-refractivity contribution in [3.05, 3.63) is 126 Å². The second kappa shape index (κ2) is 21.9. The van der Waals surface area contributed by atoms with Crippen LogP contribution in [0.5, 0.6) is 0 Å². The first-order valence-electron chi connectivity index (χ1n) is 21.6. The van der Waals surface area contributed by atoms with Crippen molar-refractivity contribution >= 4 is 67.9 Å². The fourth-order valence-electron chi connectivity index (χ4n) is 7.41. The summed E-state index contributed by atoms with van der Waals surface area (Å²) >= 11 is 1.24. The van der Waals surface area contributed by atoms with Crippen molar-refractivity contribution in [2.24, 2.45) is 25.4 Å². The molecule has 0 bridgehead atoms. The van der Waals surface area contributed by atoms with Gasteiger partial charge in [-0.2, -0.15) is 19.9 Å². The predicted molar refractivity (Wildman–Crippen MR) is 252 cm³/mol. The Bertz CT molecular complexity index is 2420. The summed E-state index contributed by atoms with van der Waals surface area (Å²) < 4.78 is 4.38. The third-order valence-electron chi connectivity index (χ3n) is 11.0. The molecule has 4 aromatic carbocycles. The van der Waals surface area contributed by atoms with Crippen molar-refractivity contribution < 1.29 is 0 Å². The van der Waals surface area contributed by atoms with Crippen molar-refractivity contribution in [2.45, 2.75) is 65.7 Å². The smallest absolute Gasteiger partial charge is 0.175 e. The monoisotopic (exact) mass is 829 g/mol. The van der Waals surface area contributed by atoms with Crippen LogP contribution in [-0.4, -0.2) is 66.3 Å². The molecule has 0 atom stereocenters. The molecule has 7 rings (SSSR count). The van der Waals surface area contributed by atoms with Gasteiger partial charge in [0, 0.05) is 56.9 Å². The van der Waals surface area contributed by atoms with Crippen LogP contribution in [0.1, 0.15) is 74.8 Å². The first kappa shape index (κ1) is 42.9. The number of nitriles is 1. The van der Waals surface area contributed by atoms with Crippen molar-refractivity contribution in [1.29, 1.82) is 5.26 Å². The SMILES string of the molecule is CCCCc1ccc(/N=C/c2ccc(N=Nc3ccc(N(CCC)CCCCCN4CCN(c5ccc(N=Nc6snc7nc(C)c(C#N)cc67)cc5)CC4)cc3)cc2)cc1. The summed E-state index contributed by atoms with van der Waals surface area (Å²) in [4.78, 5) is 16.6. The van der Waals surface area contributed by atoms with E-state index in [-0.39, 0.29) is 0 Å². The number of hydrogen-bond acceptors (Lipinski definition) is 12. The largest absolute Gasteiger partial charge is 0.372 e. The first-order chi connectivity index (χ1) is 30.0. The Morgan fingerprint density at radius 3 is 2.05 bits per heavy atom. The van der Waals surface area contributed by atoms with Gasteiger partial charge in [-0.05, 0) is 147 Å². The second-order valence-corrected chi connectivity index (χ2v) is 16.3. The van der Waals surface area contributed by atoms with Gasteiger partial charge in [0.05, 0.1) is 39.4 Å². The van der Waals surface area contributed by atoms with Gasteiger partial charge in [0.15, 0.2) is 10.6 Å². The van der Waals surface area contributed by atoms with Gasteiger partial charge in [-0.15, -0.1) is 10.2 Å². The topological polar surface area (TPSA) is 121 Å². The van der Waals surface area contributed by atoms with E-state index in [0.717, 1.165) is 92.4 Å². The quantitative estimate of drug-likeness (QED) is 0.0455. The number of aliphatic imine (C=N–C) groups is 1. The molecule has 0 unspecified atom stereocenters. The number of fused-ring (bicyclic) bond motifs is 1. The molecule has 0 amide bonds. The number of piperazine rings is 1. The lowest BCUT2D eigenvalue weighted by molar-refractivity contribution is 0.252. The van der Waals surface area contributed by atoms with Crippen LogP contribution < -0.4 is 9.80 Å². The minimum Gasteiger partial charge on any atom is -0.372 e. The average molecular weight is 830 g/mol. The minimum absolute atomic E-state index is 0.530. The lowest BCUT2D eigenvalue weighted by atomic mass is 10.1. The second-order valence-electron chi connectivity index (χ2n) is 15.5. The van der Waals surface area contributed by atoms with E-state index in [1.807, 2.05) is 49.5 Å². The molecule has 0 aliphatic carbocycles. The number of nitrogens with zero attached hydrogens (tertiary/aromatic N) is 11. The van der Waals surface area contributed by atoms with E-state index in [1.54, 1.807) is 6.07 Å². The number of hydrogen-bond donors (Lipinski definition) is 0. The molecule has 312 valence electrons. The molecule has 0 N–H and O–H groups in total. The van der Waals surface area contributed by atoms with Crippen molar-refractivity contribution in [3.63, 3.8) is 0 Å². The summed E-state index contributed by atoms with van der Waals surface area (Å²) in [5, 5.41) is 28.7. The summed E-state index contributed by atoms with van der Waals surface area (Å²) in [5.41, 5.74) is 10.0. The van der Waals surface area contributed by atoms with Gasteiger partial charge in [0.1, 0.15) is 6.07 Å². The van der Waals surface area contributed by atoms with Gasteiger partial charge in [0.2, 0.25) is 0 Å². The van der Waals surface area contributed by atoms with Gasteiger partial charge in [-0.1, -0.05) is 51.0 Å². The lowest BCUT2D eigenvalue weighted by Crippen LogP contribution is -2.46. The molecule has 0 spiro atoms. The van der Waals surface area contributed by atoms with Gasteiger partial charge < -0.3 is 9.80 Å². The maximum atomic E-state index is 9.39. The molecule has 11 nitrogen and oxygen atoms in total. The number of anilines is 2. The highest BCUT2D eigenvalue weighted by Crippen LogP contribution is 2.33. The van der Waals surface area contributed by atoms with Crippen LogP contribution in [0.3, 0.4) is 0 Å². The number of pyridine rings is 1. The van der Waals surface area contributed by atoms with E-state index in [9.17, 15) is 5.26 Å². The van der Waals surface area contributed by atoms with Gasteiger partial charge >= 0.3 is 0 Å². The summed E-state index contributed by atoms with van der Waals surface area (Å²) in [6.45, 7) is 13.7. The van der Waals surface area contributed by atoms with E-state index in [1.165, 1.54) is 60.6 Å². The number of aromatic nitrogens is 2. The zero-order valence-electron chi connectivity index (χ0n) is 35.6. The summed E-state index contributed by atoms with van der Waals surface area (Å²) in [5.74, 6) is 0. The van der Waals surface area contributed by atoms with Crippen LogP contribution in [0.2, 0.25) is 0 Å². The van der Waals surface area contributed by atoms with Crippen LogP contribution in [0.15, 0.2) is 129 Å². The maximum absolute atomic E-state index is 9.39. The molecule has 0 radical (unpaired) electrons. The normalized spacial score (nSPS) is 13.6. The van der Waals surface area contributed by atoms with Crippen LogP contribution in [-0.2, 0) is 6.42 Å². The number of benzene rings is 4. The highest BCUT2D eigenvalue weighted by molar-refractivity contribution is 7.11. The summed E-state index contributed by atoms with van der Waals surface area (Å²) in [7, 11) is 0. The van der Waals surface area contributed by atoms with E-state index < -0.39 is 0 Å². The molecule has 12 heteroatoms. The standard InChI is InChI=1S/C49H55N11S/c1-4-6-10-38-11-15-41(16-12-38)51-36-39-13-17-42(18-14-39)53-54-43-19-23-45(24-20-43)59(27-5-2)29-9-7-8-28-58-30-32-60(33-31-58)46-25-21-44(22-26-46)55-56-49-47-34-40(35-50)37(3)52-48(47)57-61-49/h11-26,34,36H,4-10,27-33H2,1-3H3/b51-36+,54-53?,56-55?. The summed E-state index contributed by atoms with van der Waals surface area (Å²) in [6, 6.07) is 37.2. The molecule has 0 saturated carbocycles. The van der Waals surface area contributed by atoms with Gasteiger partial charge in [0.25, 0.3) is 0 Å². The highest BCUT2D eigenvalue weighted by Gasteiger charge is 2.17. The molecule has 1 aliphatic heterocycles. The molecule has 1 fully saturated rings. The number of azo groups is 2. The molecular weight excluding hydrogens is 775 g/mol. The van der Waals surface area contributed by atoms with Crippen molar-refractivity contribution in [2.75, 3.05) is 55.6 Å². The molecule has 61 heavy (non-hydrogen) atoms. The van der Waals surface area contributed by atoms with Gasteiger partial charge in [-0.25, -0.2) is 4.98 Å². The highest BCUT2D eigenvalue weighted by atomic mass is 32.1. The molecule has 1 saturated heterocycles. The molecule has 3 heterocycles. The third-order valence-corrected chi connectivity index (χ3v) is 11.7. The van der Waals surface area contributed by atoms with Crippen molar-refractivity contribution in [1.82, 2.24) is 14.3 Å². The predicted octanol–water partition coefficient (Wildman–Crippen LogP) is 13.0. The molecule has 2 aromatic heterocycles. The molecular formula is C49H55N11S. The zero-order valence-corrected chi connectivity index (χ0v) is 36.4. The number of aryl methyl sites for hydroxylation is 2. The Hall–Kier alpha value is -6.16. The number of unbranched alkanes of at least 4 members (excludes halogenated alkanes) is 3. The Labute approximate surface area is 364 Å². The van der Waals surface area contributed by atoms with Crippen LogP contribution >= 0.6 is 11.5 Å². The van der Waals surface area contributed by atoms with Gasteiger partial charge in [-0.3, -0.25) is 9.89 Å². The first-order valence-corrected chi connectivity index (χ1v) is 22.4. The van der Waals surface area contributed by atoms with Crippen LogP contribution in [0.25, 0.3) is 11.0 Å². The minimum atomic E-state index is 0.530. The van der Waals surface area contributed by atoms with Crippen molar-refractivity contribution in [3.8, 4) is 6.07 Å². The van der Waals surface area contributed by atoms with E-state index >= 15 is 0 Å². The molecule has 1 aliphatic rings. The van der Waals surface area contributed by atoms with E-state index in [4.69, 9.17) is 0 Å².